The van der Waals surface area contributed by atoms with Crippen molar-refractivity contribution in [1.82, 2.24) is 0 Å². The average molecular weight is 357 g/mol. The van der Waals surface area contributed by atoms with Crippen LogP contribution in [0.5, 0.6) is 0 Å². The molecule has 128 valence electrons. The molecule has 1 atom stereocenters. The maximum absolute atomic E-state index is 12.7. The van der Waals surface area contributed by atoms with Crippen LogP contribution in [0.4, 0.5) is 13.2 Å². The van der Waals surface area contributed by atoms with Crippen LogP contribution in [-0.4, -0.2) is 32.2 Å². The topological polar surface area (TPSA) is 59.6 Å². The molecule has 0 N–H and O–H groups in total. The fourth-order valence-electron chi connectivity index (χ4n) is 2.50. The van der Waals surface area contributed by atoms with Gasteiger partial charge in [0.2, 0.25) is 0 Å². The minimum absolute atomic E-state index is 0.0185. The van der Waals surface area contributed by atoms with Crippen molar-refractivity contribution in [2.45, 2.75) is 18.6 Å². The maximum Gasteiger partial charge on any atom is 0.416 e. The Morgan fingerprint density at radius 1 is 1.21 bits per heavy atom. The molecule has 1 fully saturated rings. The summed E-state index contributed by atoms with van der Waals surface area (Å²) in [5.41, 5.74) is -0.435. The van der Waals surface area contributed by atoms with Crippen LogP contribution in [0.3, 0.4) is 0 Å². The van der Waals surface area contributed by atoms with Crippen molar-refractivity contribution >= 4 is 16.1 Å². The van der Waals surface area contributed by atoms with E-state index in [4.69, 9.17) is 4.42 Å². The fraction of sp³-hybridized carbons (Fsp3) is 0.312. The third-order valence-corrected chi connectivity index (χ3v) is 5.47. The highest BCUT2D eigenvalue weighted by Gasteiger charge is 2.30. The van der Waals surface area contributed by atoms with Crippen molar-refractivity contribution < 1.29 is 26.0 Å². The molecule has 2 aromatic rings. The van der Waals surface area contributed by atoms with E-state index in [9.17, 15) is 21.6 Å². The summed E-state index contributed by atoms with van der Waals surface area (Å²) in [5, 5.41) is 0. The van der Waals surface area contributed by atoms with Gasteiger partial charge in [0.1, 0.15) is 11.5 Å². The highest BCUT2D eigenvalue weighted by atomic mass is 32.2. The van der Waals surface area contributed by atoms with Gasteiger partial charge in [0.25, 0.3) is 0 Å². The molecule has 0 amide bonds. The van der Waals surface area contributed by atoms with E-state index < -0.39 is 21.6 Å². The van der Waals surface area contributed by atoms with Gasteiger partial charge in [-0.2, -0.15) is 13.2 Å². The molecule has 0 aliphatic carbocycles. The van der Waals surface area contributed by atoms with Gasteiger partial charge in [0.05, 0.1) is 29.3 Å². The molecule has 1 aliphatic heterocycles. The lowest BCUT2D eigenvalue weighted by Crippen LogP contribution is -2.07. The Morgan fingerprint density at radius 2 is 2.00 bits per heavy atom. The number of hydrogen-bond acceptors (Lipinski definition) is 4. The molecule has 0 radical (unpaired) electrons. The van der Waals surface area contributed by atoms with Crippen LogP contribution in [0.25, 0.3) is 11.3 Å². The molecule has 0 spiro atoms. The van der Waals surface area contributed by atoms with Crippen molar-refractivity contribution in [2.75, 3.05) is 11.5 Å². The molecule has 4 nitrogen and oxygen atoms in total. The van der Waals surface area contributed by atoms with E-state index in [1.165, 1.54) is 18.3 Å². The second-order valence-electron chi connectivity index (χ2n) is 5.62. The third-order valence-electron chi connectivity index (χ3n) is 3.72. The van der Waals surface area contributed by atoms with Gasteiger partial charge in [-0.25, -0.2) is 8.42 Å². The van der Waals surface area contributed by atoms with Crippen LogP contribution >= 0.6 is 0 Å². The van der Waals surface area contributed by atoms with Gasteiger partial charge in [-0.1, -0.05) is 12.1 Å². The molecule has 0 bridgehead atoms. The molecule has 24 heavy (non-hydrogen) atoms. The van der Waals surface area contributed by atoms with Crippen LogP contribution in [0.15, 0.2) is 45.8 Å². The molecular formula is C16H14F3NO3S. The molecule has 0 saturated carbocycles. The van der Waals surface area contributed by atoms with Crippen molar-refractivity contribution in [2.24, 2.45) is 4.99 Å². The van der Waals surface area contributed by atoms with E-state index >= 15 is 0 Å². The lowest BCUT2D eigenvalue weighted by atomic mass is 10.1. The Morgan fingerprint density at radius 3 is 2.67 bits per heavy atom. The van der Waals surface area contributed by atoms with E-state index in [0.717, 1.165) is 12.1 Å². The van der Waals surface area contributed by atoms with Crippen LogP contribution in [0.2, 0.25) is 0 Å². The van der Waals surface area contributed by atoms with Gasteiger partial charge in [-0.05, 0) is 30.7 Å². The molecular weight excluding hydrogens is 343 g/mol. The minimum atomic E-state index is -4.42. The largest absolute Gasteiger partial charge is 0.455 e. The van der Waals surface area contributed by atoms with Gasteiger partial charge in [-0.15, -0.1) is 0 Å². The zero-order chi connectivity index (χ0) is 17.4. The average Bonchev–Trinajstić information content (AvgIpc) is 3.11. The predicted molar refractivity (Wildman–Crippen MR) is 83.8 cm³/mol. The van der Waals surface area contributed by atoms with Gasteiger partial charge in [-0.3, -0.25) is 4.99 Å². The predicted octanol–water partition coefficient (Wildman–Crippen LogP) is 3.57. The van der Waals surface area contributed by atoms with Gasteiger partial charge in [0, 0.05) is 5.56 Å². The van der Waals surface area contributed by atoms with Crippen LogP contribution < -0.4 is 0 Å². The van der Waals surface area contributed by atoms with Gasteiger partial charge in [0.15, 0.2) is 9.84 Å². The molecule has 1 aromatic carbocycles. The molecule has 1 saturated heterocycles. The highest BCUT2D eigenvalue weighted by molar-refractivity contribution is 7.91. The van der Waals surface area contributed by atoms with Gasteiger partial charge >= 0.3 is 6.18 Å². The monoisotopic (exact) mass is 357 g/mol. The number of aliphatic imine (C=N–C) groups is 1. The number of nitrogens with zero attached hydrogens (tertiary/aromatic N) is 1. The normalized spacial score (nSPS) is 20.7. The fourth-order valence-corrected chi connectivity index (χ4v) is 4.13. The minimum Gasteiger partial charge on any atom is -0.455 e. The Hall–Kier alpha value is -2.09. The van der Waals surface area contributed by atoms with Crippen LogP contribution in [0, 0.1) is 0 Å². The van der Waals surface area contributed by atoms with Crippen molar-refractivity contribution in [3.63, 3.8) is 0 Å². The summed E-state index contributed by atoms with van der Waals surface area (Å²) in [6, 6.07) is 7.71. The smallest absolute Gasteiger partial charge is 0.416 e. The first kappa shape index (κ1) is 16.8. The Labute approximate surface area is 136 Å². The number of rotatable bonds is 3. The summed E-state index contributed by atoms with van der Waals surface area (Å²) in [6.07, 6.45) is -2.52. The van der Waals surface area contributed by atoms with Crippen LogP contribution in [-0.2, 0) is 16.0 Å². The quantitative estimate of drug-likeness (QED) is 0.789. The zero-order valence-electron chi connectivity index (χ0n) is 12.5. The Balaban J connectivity index is 1.77. The second kappa shape index (κ2) is 6.08. The molecule has 8 heteroatoms. The number of sulfone groups is 1. The second-order valence-corrected chi connectivity index (χ2v) is 7.84. The first-order chi connectivity index (χ1) is 11.2. The first-order valence-corrected chi connectivity index (χ1v) is 9.06. The number of hydrogen-bond donors (Lipinski definition) is 0. The Bertz CT molecular complexity index is 869. The summed E-state index contributed by atoms with van der Waals surface area (Å²) < 4.78 is 66.4. The number of furan rings is 1. The first-order valence-electron chi connectivity index (χ1n) is 7.24. The van der Waals surface area contributed by atoms with Crippen molar-refractivity contribution in [1.29, 1.82) is 0 Å². The molecule has 1 aliphatic rings. The third kappa shape index (κ3) is 3.87. The summed E-state index contributed by atoms with van der Waals surface area (Å²) in [6.45, 7) is 0. The van der Waals surface area contributed by atoms with E-state index in [1.54, 1.807) is 12.1 Å². The Kier molecular flexibility index (Phi) is 4.25. The van der Waals surface area contributed by atoms with E-state index in [1.807, 2.05) is 0 Å². The van der Waals surface area contributed by atoms with Crippen molar-refractivity contribution in [3.8, 4) is 11.3 Å². The summed E-state index contributed by atoms with van der Waals surface area (Å²) in [7, 11) is -3.01. The standard InChI is InChI=1S/C16H14F3NO3S/c17-16(18,19)12-3-1-2-11(8-12)15-5-4-14(23-15)9-20-13-6-7-24(21,22)10-13/h1-5,8-9,13H,6-7,10H2/t13-/m0/s1. The van der Waals surface area contributed by atoms with E-state index in [-0.39, 0.29) is 17.5 Å². The molecule has 2 heterocycles. The van der Waals surface area contributed by atoms with Gasteiger partial charge < -0.3 is 4.42 Å². The van der Waals surface area contributed by atoms with E-state index in [2.05, 4.69) is 4.99 Å². The summed E-state index contributed by atoms with van der Waals surface area (Å²) in [5.74, 6) is 0.807. The van der Waals surface area contributed by atoms with Crippen LogP contribution in [0.1, 0.15) is 17.7 Å². The molecule has 0 unspecified atom stereocenters. The maximum atomic E-state index is 12.7. The van der Waals surface area contributed by atoms with Crippen molar-refractivity contribution in [3.05, 3.63) is 47.7 Å². The number of halogens is 3. The van der Waals surface area contributed by atoms with E-state index in [0.29, 0.717) is 23.5 Å². The summed E-state index contributed by atoms with van der Waals surface area (Å²) >= 11 is 0. The number of alkyl halides is 3. The SMILES string of the molecule is O=S1(=O)CC[C@H](N=Cc2ccc(-c3cccc(C(F)(F)F)c3)o2)C1. The summed E-state index contributed by atoms with van der Waals surface area (Å²) in [4.78, 5) is 4.17. The molecule has 1 aromatic heterocycles. The lowest BCUT2D eigenvalue weighted by Gasteiger charge is -2.07. The lowest BCUT2D eigenvalue weighted by molar-refractivity contribution is -0.137. The number of benzene rings is 1. The zero-order valence-corrected chi connectivity index (χ0v) is 13.3. The highest BCUT2D eigenvalue weighted by Crippen LogP contribution is 2.32. The molecule has 3 rings (SSSR count).